The van der Waals surface area contributed by atoms with E-state index in [1.807, 2.05) is 0 Å². The largest absolute Gasteiger partial charge is 2.00 e. The van der Waals surface area contributed by atoms with Gasteiger partial charge in [0.2, 0.25) is 0 Å². The van der Waals surface area contributed by atoms with Gasteiger partial charge in [0.05, 0.1) is 0 Å². The molecule has 4 N–H and O–H groups in total. The molecule has 0 aromatic carbocycles. The fourth-order valence-electron chi connectivity index (χ4n) is 0. The topological polar surface area (TPSA) is 98.2 Å². The Balaban J connectivity index is -0.0000000339. The molecule has 0 unspecified atom stereocenters. The van der Waals surface area contributed by atoms with Crippen LogP contribution < -0.4 is 21.7 Å². The smallest absolute Gasteiger partial charge is 0.852 e. The monoisotopic (exact) mass is 244 g/mol. The Bertz CT molecular complexity index is 92.3. The van der Waals surface area contributed by atoms with Gasteiger partial charge in [-0.2, -0.15) is 0 Å². The zero-order chi connectivity index (χ0) is 9.15. The van der Waals surface area contributed by atoms with E-state index < -0.39 is 10.3 Å². The van der Waals surface area contributed by atoms with E-state index in [0.717, 1.165) is 0 Å². The zero-order valence-electron chi connectivity index (χ0n) is 5.91. The van der Waals surface area contributed by atoms with Gasteiger partial charge in [0, 0.05) is 10.3 Å². The Morgan fingerprint density at radius 1 is 1.00 bits per heavy atom. The van der Waals surface area contributed by atoms with Gasteiger partial charge >= 0.3 is 19.5 Å². The summed E-state index contributed by atoms with van der Waals surface area (Å²) in [6, 6.07) is 0. The van der Waals surface area contributed by atoms with E-state index in [0.29, 0.717) is 0 Å². The SMILES string of the molecule is C=C.NC([O-])=S.NC([O-])=S.[Zn+2]. The van der Waals surface area contributed by atoms with Gasteiger partial charge in [-0.15, -0.1) is 13.2 Å². The second-order valence-electron chi connectivity index (χ2n) is 0.638. The molecule has 11 heavy (non-hydrogen) atoms. The van der Waals surface area contributed by atoms with Crippen LogP contribution in [0.2, 0.25) is 0 Å². The van der Waals surface area contributed by atoms with Crippen molar-refractivity contribution in [2.75, 3.05) is 0 Å². The molecule has 0 heterocycles. The molecule has 0 amide bonds. The van der Waals surface area contributed by atoms with Crippen LogP contribution >= 0.6 is 24.4 Å². The number of nitrogens with two attached hydrogens (primary N) is 2. The summed E-state index contributed by atoms with van der Waals surface area (Å²) in [4.78, 5) is 0. The van der Waals surface area contributed by atoms with Crippen LogP contribution in [0.4, 0.5) is 0 Å². The van der Waals surface area contributed by atoms with Crippen molar-refractivity contribution in [2.24, 2.45) is 11.5 Å². The summed E-state index contributed by atoms with van der Waals surface area (Å²) < 4.78 is 0. The molecule has 0 aromatic heterocycles. The predicted octanol–water partition coefficient (Wildman–Crippen LogP) is -2.02. The summed E-state index contributed by atoms with van der Waals surface area (Å²) in [5, 5.41) is 16.6. The minimum absolute atomic E-state index is 0. The summed E-state index contributed by atoms with van der Waals surface area (Å²) in [6.07, 6.45) is 0. The molecule has 0 spiro atoms. The van der Waals surface area contributed by atoms with Gasteiger partial charge in [0.25, 0.3) is 0 Å². The van der Waals surface area contributed by atoms with E-state index in [1.165, 1.54) is 0 Å². The van der Waals surface area contributed by atoms with Crippen LogP contribution in [0.5, 0.6) is 0 Å². The third-order valence-corrected chi connectivity index (χ3v) is 0. The maximum Gasteiger partial charge on any atom is 2.00 e. The Morgan fingerprint density at radius 3 is 1.00 bits per heavy atom. The quantitative estimate of drug-likeness (QED) is 0.290. The van der Waals surface area contributed by atoms with E-state index in [4.69, 9.17) is 10.2 Å². The second-order valence-corrected chi connectivity index (χ2v) is 1.44. The van der Waals surface area contributed by atoms with Gasteiger partial charge in [-0.05, 0) is 0 Å². The molecule has 0 saturated heterocycles. The van der Waals surface area contributed by atoms with E-state index in [1.54, 1.807) is 0 Å². The third kappa shape index (κ3) is 8870. The van der Waals surface area contributed by atoms with Crippen molar-refractivity contribution >= 4 is 34.8 Å². The number of hydrogen-bond donors (Lipinski definition) is 2. The van der Waals surface area contributed by atoms with Crippen LogP contribution in [-0.2, 0) is 19.5 Å². The first kappa shape index (κ1) is 22.4. The number of rotatable bonds is 0. The van der Waals surface area contributed by atoms with Crippen molar-refractivity contribution in [3.8, 4) is 0 Å². The number of hydrogen-bond acceptors (Lipinski definition) is 4. The van der Waals surface area contributed by atoms with Gasteiger partial charge in [-0.3, -0.25) is 0 Å². The maximum atomic E-state index is 9.04. The fourth-order valence-corrected chi connectivity index (χ4v) is 0. The van der Waals surface area contributed by atoms with Gasteiger partial charge in [0.15, 0.2) is 0 Å². The van der Waals surface area contributed by atoms with Crippen molar-refractivity contribution < 1.29 is 29.7 Å². The van der Waals surface area contributed by atoms with Crippen LogP contribution in [0.3, 0.4) is 0 Å². The normalized spacial score (nSPS) is 4.73. The van der Waals surface area contributed by atoms with Gasteiger partial charge in [0.1, 0.15) is 0 Å². The third-order valence-electron chi connectivity index (χ3n) is 0. The summed E-state index contributed by atoms with van der Waals surface area (Å²) in [7, 11) is 0. The molecule has 0 aliphatic carbocycles. The van der Waals surface area contributed by atoms with E-state index in [9.17, 15) is 0 Å². The molecule has 60 valence electrons. The first-order valence-corrected chi connectivity index (χ1v) is 2.71. The first-order chi connectivity index (χ1) is 4.46. The fraction of sp³-hybridized carbons (Fsp3) is 0. The van der Waals surface area contributed by atoms with Gasteiger partial charge in [-0.1, -0.05) is 24.4 Å². The second kappa shape index (κ2) is 22.6. The van der Waals surface area contributed by atoms with E-state index in [2.05, 4.69) is 49.1 Å². The molecule has 0 fully saturated rings. The summed E-state index contributed by atoms with van der Waals surface area (Å²) in [5.41, 5.74) is 8.57. The van der Waals surface area contributed by atoms with Crippen molar-refractivity contribution in [2.45, 2.75) is 0 Å². The van der Waals surface area contributed by atoms with E-state index >= 15 is 0 Å². The summed E-state index contributed by atoms with van der Waals surface area (Å²) >= 11 is 7.52. The summed E-state index contributed by atoms with van der Waals surface area (Å²) in [6.45, 7) is 6.00. The predicted molar refractivity (Wildman–Crippen MR) is 44.8 cm³/mol. The van der Waals surface area contributed by atoms with Crippen molar-refractivity contribution in [3.05, 3.63) is 13.2 Å². The molecular formula is C4H8N2O2S2Zn. The summed E-state index contributed by atoms with van der Waals surface area (Å²) in [5.74, 6) is 0. The molecule has 0 saturated carbocycles. The minimum Gasteiger partial charge on any atom is -0.852 e. The Morgan fingerprint density at radius 2 is 1.00 bits per heavy atom. The average molecular weight is 246 g/mol. The molecule has 0 aliphatic heterocycles. The molecule has 4 nitrogen and oxygen atoms in total. The zero-order valence-corrected chi connectivity index (χ0v) is 10.5. The van der Waals surface area contributed by atoms with Crippen LogP contribution in [0.15, 0.2) is 13.2 Å². The average Bonchev–Trinajstić information content (AvgIpc) is 1.66. The van der Waals surface area contributed by atoms with Gasteiger partial charge in [-0.25, -0.2) is 0 Å². The molecule has 0 aliphatic rings. The van der Waals surface area contributed by atoms with Crippen molar-refractivity contribution in [3.63, 3.8) is 0 Å². The molecular weight excluding hydrogens is 238 g/mol. The Kier molecular flexibility index (Phi) is 46.0. The van der Waals surface area contributed by atoms with Crippen LogP contribution in [0.1, 0.15) is 0 Å². The maximum absolute atomic E-state index is 9.04. The van der Waals surface area contributed by atoms with E-state index in [-0.39, 0.29) is 19.5 Å². The van der Waals surface area contributed by atoms with Gasteiger partial charge < -0.3 is 21.7 Å². The molecule has 0 bridgehead atoms. The molecule has 0 atom stereocenters. The minimum atomic E-state index is -0.750. The molecule has 0 rings (SSSR count). The molecule has 7 heteroatoms. The van der Waals surface area contributed by atoms with Crippen LogP contribution in [0, 0.1) is 0 Å². The van der Waals surface area contributed by atoms with Crippen LogP contribution in [-0.4, -0.2) is 10.3 Å². The number of thiocarbonyl (C=S) groups is 2. The molecule has 0 radical (unpaired) electrons. The Hall–Kier alpha value is -0.257. The Labute approximate surface area is 89.0 Å². The van der Waals surface area contributed by atoms with Crippen molar-refractivity contribution in [1.29, 1.82) is 0 Å². The standard InChI is InChI=1S/C2H4.2CH3NOS.Zn/c1-2;2*2-1(3)4;/h1-2H2;2*(H3,2,3,4);/q;;;+2/p-2. The first-order valence-electron chi connectivity index (χ1n) is 1.89. The van der Waals surface area contributed by atoms with Crippen molar-refractivity contribution in [1.82, 2.24) is 0 Å². The molecule has 0 aromatic rings. The van der Waals surface area contributed by atoms with Crippen LogP contribution in [0.25, 0.3) is 0 Å².